The van der Waals surface area contributed by atoms with E-state index in [1.54, 1.807) is 12.1 Å². The van der Waals surface area contributed by atoms with E-state index in [1.807, 2.05) is 26.0 Å². The molecule has 1 aromatic carbocycles. The first-order valence-electron chi connectivity index (χ1n) is 7.08. The molecule has 0 radical (unpaired) electrons. The lowest BCUT2D eigenvalue weighted by Crippen LogP contribution is -2.42. The summed E-state index contributed by atoms with van der Waals surface area (Å²) in [6.45, 7) is 8.45. The number of carbonyl (C=O) groups excluding carboxylic acids is 1. The van der Waals surface area contributed by atoms with Crippen LogP contribution < -0.4 is 0 Å². The summed E-state index contributed by atoms with van der Waals surface area (Å²) in [6, 6.07) is 7.09. The van der Waals surface area contributed by atoms with Gasteiger partial charge in [-0.3, -0.25) is 4.90 Å². The van der Waals surface area contributed by atoms with E-state index in [0.29, 0.717) is 6.54 Å². The molecule has 0 N–H and O–H groups in total. The highest BCUT2D eigenvalue weighted by Gasteiger charge is 2.42. The van der Waals surface area contributed by atoms with Crippen molar-refractivity contribution in [1.82, 2.24) is 4.90 Å². The van der Waals surface area contributed by atoms with Gasteiger partial charge in [-0.15, -0.1) is 6.58 Å². The summed E-state index contributed by atoms with van der Waals surface area (Å²) in [5, 5.41) is 0. The van der Waals surface area contributed by atoms with Crippen molar-refractivity contribution < 1.29 is 9.18 Å². The van der Waals surface area contributed by atoms with Crippen molar-refractivity contribution in [3.8, 4) is 0 Å². The van der Waals surface area contributed by atoms with Crippen molar-refractivity contribution in [3.63, 3.8) is 0 Å². The molecule has 108 valence electrons. The molecule has 0 saturated carbocycles. The molecule has 3 heteroatoms. The Morgan fingerprint density at radius 1 is 1.45 bits per heavy atom. The minimum absolute atomic E-state index is 0.160. The van der Waals surface area contributed by atoms with Gasteiger partial charge in [-0.05, 0) is 30.5 Å². The van der Waals surface area contributed by atoms with Gasteiger partial charge >= 0.3 is 0 Å². The summed E-state index contributed by atoms with van der Waals surface area (Å²) < 4.78 is 13.4. The molecule has 0 spiro atoms. The molecule has 0 amide bonds. The zero-order valence-corrected chi connectivity index (χ0v) is 12.2. The van der Waals surface area contributed by atoms with E-state index in [4.69, 9.17) is 0 Å². The Morgan fingerprint density at radius 3 is 2.80 bits per heavy atom. The summed E-state index contributed by atoms with van der Waals surface area (Å²) in [4.78, 5) is 13.6. The maximum atomic E-state index is 13.4. The minimum Gasteiger partial charge on any atom is -0.303 e. The van der Waals surface area contributed by atoms with Gasteiger partial charge < -0.3 is 4.79 Å². The second kappa shape index (κ2) is 5.88. The molecule has 1 aliphatic rings. The maximum absolute atomic E-state index is 13.4. The minimum atomic E-state index is -0.398. The van der Waals surface area contributed by atoms with Crippen LogP contribution in [0.3, 0.4) is 0 Å². The van der Waals surface area contributed by atoms with E-state index < -0.39 is 5.41 Å². The van der Waals surface area contributed by atoms with Crippen LogP contribution >= 0.6 is 0 Å². The van der Waals surface area contributed by atoms with Gasteiger partial charge in [0.25, 0.3) is 0 Å². The summed E-state index contributed by atoms with van der Waals surface area (Å²) in [7, 11) is 0. The Labute approximate surface area is 120 Å². The Bertz CT molecular complexity index is 498. The van der Waals surface area contributed by atoms with Gasteiger partial charge in [-0.25, -0.2) is 4.39 Å². The molecular weight excluding hydrogens is 253 g/mol. The topological polar surface area (TPSA) is 20.3 Å². The van der Waals surface area contributed by atoms with E-state index in [9.17, 15) is 9.18 Å². The number of halogens is 1. The van der Waals surface area contributed by atoms with Crippen LogP contribution in [0.5, 0.6) is 0 Å². The highest BCUT2D eigenvalue weighted by Crippen LogP contribution is 2.42. The molecule has 1 aromatic rings. The van der Waals surface area contributed by atoms with Gasteiger partial charge in [0.1, 0.15) is 12.1 Å². The molecule has 1 heterocycles. The quantitative estimate of drug-likeness (QED) is 0.602. The number of likely N-dealkylation sites (tertiary alicyclic amines) is 1. The van der Waals surface area contributed by atoms with Crippen LogP contribution in [0.15, 0.2) is 36.9 Å². The Balaban J connectivity index is 2.31. The first kappa shape index (κ1) is 14.9. The van der Waals surface area contributed by atoms with Crippen molar-refractivity contribution in [2.75, 3.05) is 6.54 Å². The standard InChI is InChI=1S/C17H22FNO/c1-4-10-19-15(13-6-5-7-14(18)11-13)8-9-16(19)17(2,3)12-20/h4-7,11-12,15-16H,1,8-10H2,2-3H3/t15-,16+/m0/s1. The largest absolute Gasteiger partial charge is 0.303 e. The Morgan fingerprint density at radius 2 is 2.20 bits per heavy atom. The van der Waals surface area contributed by atoms with Gasteiger partial charge in [0.2, 0.25) is 0 Å². The molecule has 0 aliphatic carbocycles. The van der Waals surface area contributed by atoms with Crippen LogP contribution in [-0.4, -0.2) is 23.8 Å². The van der Waals surface area contributed by atoms with Crippen LogP contribution in [0.4, 0.5) is 4.39 Å². The predicted octanol–water partition coefficient (Wildman–Crippen LogP) is 3.74. The monoisotopic (exact) mass is 275 g/mol. The number of benzene rings is 1. The van der Waals surface area contributed by atoms with Crippen molar-refractivity contribution in [1.29, 1.82) is 0 Å². The Kier molecular flexibility index (Phi) is 4.39. The average Bonchev–Trinajstić information content (AvgIpc) is 2.84. The van der Waals surface area contributed by atoms with Crippen molar-refractivity contribution in [3.05, 3.63) is 48.3 Å². The van der Waals surface area contributed by atoms with Crippen molar-refractivity contribution in [2.24, 2.45) is 5.41 Å². The first-order chi connectivity index (χ1) is 9.49. The number of nitrogens with zero attached hydrogens (tertiary/aromatic N) is 1. The molecule has 1 saturated heterocycles. The SMILES string of the molecule is C=CCN1[C@H](c2cccc(F)c2)CC[C@@H]1C(C)(C)C=O. The first-order valence-corrected chi connectivity index (χ1v) is 7.08. The van der Waals surface area contributed by atoms with Gasteiger partial charge in [0, 0.05) is 24.0 Å². The van der Waals surface area contributed by atoms with E-state index in [0.717, 1.165) is 24.7 Å². The van der Waals surface area contributed by atoms with E-state index >= 15 is 0 Å². The van der Waals surface area contributed by atoms with Crippen molar-refractivity contribution >= 4 is 6.29 Å². The van der Waals surface area contributed by atoms with Gasteiger partial charge in [-0.2, -0.15) is 0 Å². The van der Waals surface area contributed by atoms with E-state index in [2.05, 4.69) is 11.5 Å². The fraction of sp³-hybridized carbons (Fsp3) is 0.471. The molecule has 2 rings (SSSR count). The van der Waals surface area contributed by atoms with Gasteiger partial charge in [-0.1, -0.05) is 32.1 Å². The summed E-state index contributed by atoms with van der Waals surface area (Å²) >= 11 is 0. The highest BCUT2D eigenvalue weighted by atomic mass is 19.1. The molecule has 0 unspecified atom stereocenters. The summed E-state index contributed by atoms with van der Waals surface area (Å²) in [5.74, 6) is -0.209. The zero-order chi connectivity index (χ0) is 14.8. The normalized spacial score (nSPS) is 23.8. The predicted molar refractivity (Wildman–Crippen MR) is 78.9 cm³/mol. The fourth-order valence-corrected chi connectivity index (χ4v) is 3.22. The van der Waals surface area contributed by atoms with E-state index in [1.165, 1.54) is 6.07 Å². The second-order valence-corrected chi connectivity index (χ2v) is 6.09. The lowest BCUT2D eigenvalue weighted by atomic mass is 9.84. The Hall–Kier alpha value is -1.48. The molecule has 2 atom stereocenters. The molecule has 2 nitrogen and oxygen atoms in total. The van der Waals surface area contributed by atoms with E-state index in [-0.39, 0.29) is 17.9 Å². The molecule has 1 aliphatic heterocycles. The second-order valence-electron chi connectivity index (χ2n) is 6.09. The highest BCUT2D eigenvalue weighted by molar-refractivity contribution is 5.59. The van der Waals surface area contributed by atoms with Gasteiger partial charge in [0.05, 0.1) is 0 Å². The van der Waals surface area contributed by atoms with Crippen LogP contribution in [0.1, 0.15) is 38.3 Å². The zero-order valence-electron chi connectivity index (χ0n) is 12.2. The maximum Gasteiger partial charge on any atom is 0.127 e. The third-order valence-corrected chi connectivity index (χ3v) is 4.25. The number of hydrogen-bond acceptors (Lipinski definition) is 2. The number of aldehydes is 1. The van der Waals surface area contributed by atoms with Crippen LogP contribution in [-0.2, 0) is 4.79 Å². The summed E-state index contributed by atoms with van der Waals surface area (Å²) in [5.41, 5.74) is 0.585. The molecule has 0 aromatic heterocycles. The molecule has 20 heavy (non-hydrogen) atoms. The van der Waals surface area contributed by atoms with Gasteiger partial charge in [0.15, 0.2) is 0 Å². The molecule has 0 bridgehead atoms. The number of rotatable bonds is 5. The van der Waals surface area contributed by atoms with Crippen LogP contribution in [0.2, 0.25) is 0 Å². The average molecular weight is 275 g/mol. The third-order valence-electron chi connectivity index (χ3n) is 4.25. The fourth-order valence-electron chi connectivity index (χ4n) is 3.22. The van der Waals surface area contributed by atoms with Crippen LogP contribution in [0, 0.1) is 11.2 Å². The van der Waals surface area contributed by atoms with Crippen LogP contribution in [0.25, 0.3) is 0 Å². The van der Waals surface area contributed by atoms with Crippen molar-refractivity contribution in [2.45, 2.75) is 38.8 Å². The third kappa shape index (κ3) is 2.83. The number of carbonyl (C=O) groups is 1. The molecule has 1 fully saturated rings. The lowest BCUT2D eigenvalue weighted by molar-refractivity contribution is -0.117. The number of hydrogen-bond donors (Lipinski definition) is 0. The smallest absolute Gasteiger partial charge is 0.127 e. The molecular formula is C17H22FNO. The summed E-state index contributed by atoms with van der Waals surface area (Å²) in [6.07, 6.45) is 4.77. The lowest BCUT2D eigenvalue weighted by Gasteiger charge is -2.36.